The highest BCUT2D eigenvalue weighted by Crippen LogP contribution is 2.12. The number of aryl methyl sites for hydroxylation is 1. The number of hydrogen-bond donors (Lipinski definition) is 1. The van der Waals surface area contributed by atoms with Crippen LogP contribution >= 0.6 is 11.8 Å². The smallest absolute Gasteiger partial charge is 0.219 e. The van der Waals surface area contributed by atoms with Gasteiger partial charge in [0.2, 0.25) is 5.12 Å². The van der Waals surface area contributed by atoms with Crippen LogP contribution in [0.25, 0.3) is 0 Å². The third-order valence-corrected chi connectivity index (χ3v) is 2.50. The van der Waals surface area contributed by atoms with Crippen molar-refractivity contribution in [1.29, 1.82) is 0 Å². The van der Waals surface area contributed by atoms with Gasteiger partial charge in [-0.2, -0.15) is 0 Å². The Bertz CT molecular complexity index is 279. The van der Waals surface area contributed by atoms with Gasteiger partial charge in [-0.05, 0) is 6.92 Å². The van der Waals surface area contributed by atoms with E-state index in [0.717, 1.165) is 17.3 Å². The average Bonchev–Trinajstić information content (AvgIpc) is 2.15. The van der Waals surface area contributed by atoms with E-state index in [-0.39, 0.29) is 11.7 Å². The van der Waals surface area contributed by atoms with Gasteiger partial charge >= 0.3 is 0 Å². The Kier molecular flexibility index (Phi) is 3.99. The Hall–Kier alpha value is -0.800. The van der Waals surface area contributed by atoms with E-state index in [0.29, 0.717) is 11.3 Å². The predicted molar refractivity (Wildman–Crippen MR) is 55.1 cm³/mol. The normalized spacial score (nSPS) is 10.0. The van der Waals surface area contributed by atoms with Crippen LogP contribution < -0.4 is 0 Å². The second kappa shape index (κ2) is 5.04. The summed E-state index contributed by atoms with van der Waals surface area (Å²) in [6, 6.07) is 7.43. The van der Waals surface area contributed by atoms with Gasteiger partial charge in [-0.3, -0.25) is 4.79 Å². The van der Waals surface area contributed by atoms with Crippen molar-refractivity contribution in [3.63, 3.8) is 0 Å². The molecule has 0 aliphatic rings. The molecule has 13 heavy (non-hydrogen) atoms. The van der Waals surface area contributed by atoms with Crippen LogP contribution in [0.2, 0.25) is 0 Å². The highest BCUT2D eigenvalue weighted by atomic mass is 32.2. The van der Waals surface area contributed by atoms with Gasteiger partial charge < -0.3 is 5.11 Å². The molecule has 0 unspecified atom stereocenters. The van der Waals surface area contributed by atoms with Gasteiger partial charge in [0.05, 0.1) is 6.61 Å². The maximum Gasteiger partial charge on any atom is 0.219 e. The third kappa shape index (κ3) is 3.20. The lowest BCUT2D eigenvalue weighted by Crippen LogP contribution is -1.96. The van der Waals surface area contributed by atoms with Crippen molar-refractivity contribution in [1.82, 2.24) is 0 Å². The molecule has 70 valence electrons. The van der Waals surface area contributed by atoms with Gasteiger partial charge in [0.15, 0.2) is 0 Å². The predicted octanol–water partition coefficient (Wildman–Crippen LogP) is 1.86. The molecule has 0 spiro atoms. The molecule has 0 amide bonds. The molecule has 0 aliphatic carbocycles. The van der Waals surface area contributed by atoms with E-state index in [1.165, 1.54) is 0 Å². The molecule has 0 aliphatic heterocycles. The van der Waals surface area contributed by atoms with Crippen molar-refractivity contribution in [2.75, 3.05) is 12.4 Å². The first-order chi connectivity index (χ1) is 6.24. The molecule has 1 aromatic rings. The van der Waals surface area contributed by atoms with Crippen LogP contribution in [0.1, 0.15) is 15.9 Å². The molecule has 0 fully saturated rings. The molecule has 0 aromatic heterocycles. The van der Waals surface area contributed by atoms with E-state index in [9.17, 15) is 4.79 Å². The zero-order valence-electron chi connectivity index (χ0n) is 7.49. The fourth-order valence-corrected chi connectivity index (χ4v) is 1.49. The van der Waals surface area contributed by atoms with Gasteiger partial charge in [0, 0.05) is 11.3 Å². The first-order valence-electron chi connectivity index (χ1n) is 4.08. The number of aliphatic hydroxyl groups is 1. The maximum atomic E-state index is 11.4. The molecule has 1 rings (SSSR count). The summed E-state index contributed by atoms with van der Waals surface area (Å²) in [6.07, 6.45) is 0. The van der Waals surface area contributed by atoms with E-state index in [4.69, 9.17) is 5.11 Å². The van der Waals surface area contributed by atoms with Crippen LogP contribution in [0.3, 0.4) is 0 Å². The van der Waals surface area contributed by atoms with Gasteiger partial charge in [-0.15, -0.1) is 0 Å². The molecule has 0 saturated heterocycles. The number of hydrogen-bond acceptors (Lipinski definition) is 3. The minimum Gasteiger partial charge on any atom is -0.396 e. The third-order valence-electron chi connectivity index (χ3n) is 1.61. The van der Waals surface area contributed by atoms with E-state index in [2.05, 4.69) is 0 Å². The molecule has 0 radical (unpaired) electrons. The SMILES string of the molecule is Cc1ccc(C(=O)SCCO)cc1. The Labute approximate surface area is 82.0 Å². The van der Waals surface area contributed by atoms with Gasteiger partial charge in [0.25, 0.3) is 0 Å². The van der Waals surface area contributed by atoms with Gasteiger partial charge in [-0.25, -0.2) is 0 Å². The monoisotopic (exact) mass is 196 g/mol. The minimum absolute atomic E-state index is 0.0223. The molecular weight excluding hydrogens is 184 g/mol. The number of carbonyl (C=O) groups excluding carboxylic acids is 1. The molecule has 1 aromatic carbocycles. The zero-order chi connectivity index (χ0) is 9.68. The van der Waals surface area contributed by atoms with Crippen molar-refractivity contribution in [2.45, 2.75) is 6.92 Å². The Morgan fingerprint density at radius 2 is 2.00 bits per heavy atom. The molecule has 0 saturated carbocycles. The summed E-state index contributed by atoms with van der Waals surface area (Å²) in [5.74, 6) is 0.465. The minimum atomic E-state index is 0.0223. The molecule has 1 N–H and O–H groups in total. The second-order valence-electron chi connectivity index (χ2n) is 2.73. The molecule has 0 atom stereocenters. The van der Waals surface area contributed by atoms with Crippen molar-refractivity contribution in [3.05, 3.63) is 35.4 Å². The van der Waals surface area contributed by atoms with Crippen LogP contribution in [0, 0.1) is 6.92 Å². The fourth-order valence-electron chi connectivity index (χ4n) is 0.911. The topological polar surface area (TPSA) is 37.3 Å². The summed E-state index contributed by atoms with van der Waals surface area (Å²) in [5, 5.41) is 8.56. The van der Waals surface area contributed by atoms with Crippen LogP contribution in [-0.4, -0.2) is 22.6 Å². The Morgan fingerprint density at radius 1 is 1.38 bits per heavy atom. The second-order valence-corrected chi connectivity index (χ2v) is 3.79. The number of benzene rings is 1. The molecule has 0 heterocycles. The van der Waals surface area contributed by atoms with Crippen molar-refractivity contribution < 1.29 is 9.90 Å². The van der Waals surface area contributed by atoms with Crippen LogP contribution in [-0.2, 0) is 0 Å². The first-order valence-corrected chi connectivity index (χ1v) is 5.07. The Morgan fingerprint density at radius 3 is 2.54 bits per heavy atom. The lowest BCUT2D eigenvalue weighted by molar-refractivity contribution is 0.108. The average molecular weight is 196 g/mol. The first kappa shape index (κ1) is 10.3. The summed E-state index contributed by atoms with van der Waals surface area (Å²) in [5.41, 5.74) is 1.84. The molecule has 2 nitrogen and oxygen atoms in total. The summed E-state index contributed by atoms with van der Waals surface area (Å²) < 4.78 is 0. The lowest BCUT2D eigenvalue weighted by Gasteiger charge is -1.99. The van der Waals surface area contributed by atoms with E-state index in [1.807, 2.05) is 31.2 Å². The molecule has 0 bridgehead atoms. The van der Waals surface area contributed by atoms with E-state index in [1.54, 1.807) is 0 Å². The highest BCUT2D eigenvalue weighted by molar-refractivity contribution is 8.14. The lowest BCUT2D eigenvalue weighted by atomic mass is 10.2. The number of thioether (sulfide) groups is 1. The van der Waals surface area contributed by atoms with E-state index < -0.39 is 0 Å². The summed E-state index contributed by atoms with van der Waals surface area (Å²) >= 11 is 1.15. The van der Waals surface area contributed by atoms with Crippen molar-refractivity contribution in [2.24, 2.45) is 0 Å². The standard InChI is InChI=1S/C10H12O2S/c1-8-2-4-9(5-3-8)10(12)13-7-6-11/h2-5,11H,6-7H2,1H3. The highest BCUT2D eigenvalue weighted by Gasteiger charge is 2.04. The fraction of sp³-hybridized carbons (Fsp3) is 0.300. The number of aliphatic hydroxyl groups excluding tert-OH is 1. The summed E-state index contributed by atoms with van der Waals surface area (Å²) in [4.78, 5) is 11.4. The molecular formula is C10H12O2S. The quantitative estimate of drug-likeness (QED) is 0.801. The van der Waals surface area contributed by atoms with Crippen molar-refractivity contribution in [3.8, 4) is 0 Å². The molecule has 3 heteroatoms. The number of rotatable bonds is 3. The summed E-state index contributed by atoms with van der Waals surface area (Å²) in [7, 11) is 0. The Balaban J connectivity index is 2.61. The summed E-state index contributed by atoms with van der Waals surface area (Å²) in [6.45, 7) is 2.03. The van der Waals surface area contributed by atoms with E-state index >= 15 is 0 Å². The van der Waals surface area contributed by atoms with Crippen LogP contribution in [0.5, 0.6) is 0 Å². The van der Waals surface area contributed by atoms with Crippen LogP contribution in [0.4, 0.5) is 0 Å². The largest absolute Gasteiger partial charge is 0.396 e. The van der Waals surface area contributed by atoms with Crippen molar-refractivity contribution >= 4 is 16.9 Å². The van der Waals surface area contributed by atoms with Crippen LogP contribution in [0.15, 0.2) is 24.3 Å². The maximum absolute atomic E-state index is 11.4. The zero-order valence-corrected chi connectivity index (χ0v) is 8.30. The number of carbonyl (C=O) groups is 1. The van der Waals surface area contributed by atoms with Gasteiger partial charge in [-0.1, -0.05) is 41.6 Å². The van der Waals surface area contributed by atoms with Gasteiger partial charge in [0.1, 0.15) is 0 Å².